The lowest BCUT2D eigenvalue weighted by molar-refractivity contribution is 0.380. The molecule has 1 aliphatic rings. The van der Waals surface area contributed by atoms with Crippen LogP contribution in [0.3, 0.4) is 0 Å². The van der Waals surface area contributed by atoms with Gasteiger partial charge in [-0.05, 0) is 44.0 Å². The van der Waals surface area contributed by atoms with Crippen molar-refractivity contribution in [3.8, 4) is 0 Å². The summed E-state index contributed by atoms with van der Waals surface area (Å²) in [4.78, 5) is 11.2. The van der Waals surface area contributed by atoms with Gasteiger partial charge < -0.3 is 10.2 Å². The van der Waals surface area contributed by atoms with Crippen LogP contribution in [0.1, 0.15) is 12.8 Å². The lowest BCUT2D eigenvalue weighted by Gasteiger charge is -2.28. The number of benzene rings is 1. The summed E-state index contributed by atoms with van der Waals surface area (Å²) in [6.45, 7) is 3.17. The van der Waals surface area contributed by atoms with E-state index in [0.717, 1.165) is 36.5 Å². The molecule has 1 fully saturated rings. The second-order valence-corrected chi connectivity index (χ2v) is 5.78. The molecule has 0 aliphatic carbocycles. The third-order valence-corrected chi connectivity index (χ3v) is 4.06. The van der Waals surface area contributed by atoms with Gasteiger partial charge in [0.1, 0.15) is 0 Å². The first-order valence-corrected chi connectivity index (χ1v) is 7.46. The summed E-state index contributed by atoms with van der Waals surface area (Å²) in [5.74, 6) is 1.43. The van der Waals surface area contributed by atoms with Crippen LogP contribution in [0, 0.1) is 5.92 Å². The zero-order chi connectivity index (χ0) is 13.9. The normalized spacial score (nSPS) is 19.2. The van der Waals surface area contributed by atoms with E-state index in [9.17, 15) is 0 Å². The zero-order valence-corrected chi connectivity index (χ0v) is 12.4. The topological polar surface area (TPSA) is 41.0 Å². The Labute approximate surface area is 124 Å². The minimum Gasteiger partial charge on any atom is -0.357 e. The molecule has 5 heteroatoms. The van der Waals surface area contributed by atoms with Gasteiger partial charge in [-0.25, -0.2) is 9.97 Å². The number of aromatic nitrogens is 2. The average molecular weight is 291 g/mol. The number of para-hydroxylation sites is 2. The lowest BCUT2D eigenvalue weighted by atomic mass is 9.99. The van der Waals surface area contributed by atoms with Crippen molar-refractivity contribution in [3.05, 3.63) is 29.4 Å². The SMILES string of the molecule is CN(CC1CCCNC1)c1nc2ccccc2nc1Cl. The van der Waals surface area contributed by atoms with Gasteiger partial charge in [-0.2, -0.15) is 0 Å². The van der Waals surface area contributed by atoms with Gasteiger partial charge >= 0.3 is 0 Å². The van der Waals surface area contributed by atoms with Gasteiger partial charge in [-0.3, -0.25) is 0 Å². The molecule has 2 heterocycles. The first-order valence-electron chi connectivity index (χ1n) is 7.08. The molecule has 1 N–H and O–H groups in total. The molecule has 2 aromatic rings. The smallest absolute Gasteiger partial charge is 0.172 e. The van der Waals surface area contributed by atoms with E-state index in [4.69, 9.17) is 11.6 Å². The van der Waals surface area contributed by atoms with E-state index >= 15 is 0 Å². The number of rotatable bonds is 3. The lowest BCUT2D eigenvalue weighted by Crippen LogP contribution is -2.37. The van der Waals surface area contributed by atoms with Crippen LogP contribution in [-0.2, 0) is 0 Å². The van der Waals surface area contributed by atoms with Crippen molar-refractivity contribution >= 4 is 28.5 Å². The van der Waals surface area contributed by atoms with Crippen LogP contribution in [0.5, 0.6) is 0 Å². The highest BCUT2D eigenvalue weighted by atomic mass is 35.5. The molecule has 0 saturated carbocycles. The van der Waals surface area contributed by atoms with Crippen LogP contribution in [-0.4, -0.2) is 36.6 Å². The van der Waals surface area contributed by atoms with Crippen molar-refractivity contribution in [1.82, 2.24) is 15.3 Å². The summed E-state index contributed by atoms with van der Waals surface area (Å²) in [7, 11) is 2.04. The van der Waals surface area contributed by atoms with Crippen molar-refractivity contribution in [2.24, 2.45) is 5.92 Å². The summed E-state index contributed by atoms with van der Waals surface area (Å²) in [5.41, 5.74) is 1.73. The molecule has 1 aromatic heterocycles. The Morgan fingerprint density at radius 1 is 1.30 bits per heavy atom. The monoisotopic (exact) mass is 290 g/mol. The van der Waals surface area contributed by atoms with E-state index < -0.39 is 0 Å². The van der Waals surface area contributed by atoms with Crippen LogP contribution < -0.4 is 10.2 Å². The summed E-state index contributed by atoms with van der Waals surface area (Å²) < 4.78 is 0. The molecule has 0 bridgehead atoms. The minimum absolute atomic E-state index is 0.481. The number of nitrogens with zero attached hydrogens (tertiary/aromatic N) is 3. The number of hydrogen-bond donors (Lipinski definition) is 1. The molecule has 1 aliphatic heterocycles. The third kappa shape index (κ3) is 2.86. The van der Waals surface area contributed by atoms with Gasteiger partial charge in [0, 0.05) is 13.6 Å². The van der Waals surface area contributed by atoms with Gasteiger partial charge in [0.15, 0.2) is 11.0 Å². The Bertz CT molecular complexity index is 595. The fourth-order valence-corrected chi connectivity index (χ4v) is 3.04. The second kappa shape index (κ2) is 5.94. The first kappa shape index (κ1) is 13.6. The van der Waals surface area contributed by atoms with Gasteiger partial charge in [0.2, 0.25) is 0 Å². The molecule has 1 unspecified atom stereocenters. The van der Waals surface area contributed by atoms with Crippen molar-refractivity contribution in [2.45, 2.75) is 12.8 Å². The van der Waals surface area contributed by atoms with Crippen molar-refractivity contribution in [1.29, 1.82) is 0 Å². The number of piperidine rings is 1. The van der Waals surface area contributed by atoms with Gasteiger partial charge in [-0.15, -0.1) is 0 Å². The largest absolute Gasteiger partial charge is 0.357 e. The fourth-order valence-electron chi connectivity index (χ4n) is 2.77. The van der Waals surface area contributed by atoms with Crippen molar-refractivity contribution in [2.75, 3.05) is 31.6 Å². The maximum absolute atomic E-state index is 6.28. The van der Waals surface area contributed by atoms with Gasteiger partial charge in [0.25, 0.3) is 0 Å². The number of anilines is 1. The summed E-state index contributed by atoms with van der Waals surface area (Å²) in [6, 6.07) is 7.82. The molecule has 4 nitrogen and oxygen atoms in total. The number of nitrogens with one attached hydrogen (secondary N) is 1. The van der Waals surface area contributed by atoms with E-state index in [2.05, 4.69) is 20.2 Å². The maximum Gasteiger partial charge on any atom is 0.172 e. The van der Waals surface area contributed by atoms with Crippen molar-refractivity contribution in [3.63, 3.8) is 0 Å². The molecule has 0 radical (unpaired) electrons. The van der Waals surface area contributed by atoms with E-state index in [1.54, 1.807) is 0 Å². The molecule has 1 aromatic carbocycles. The highest BCUT2D eigenvalue weighted by Gasteiger charge is 2.18. The van der Waals surface area contributed by atoms with Crippen LogP contribution in [0.15, 0.2) is 24.3 Å². The Morgan fingerprint density at radius 2 is 2.05 bits per heavy atom. The second-order valence-electron chi connectivity index (χ2n) is 5.42. The third-order valence-electron chi connectivity index (χ3n) is 3.80. The van der Waals surface area contributed by atoms with Crippen LogP contribution in [0.25, 0.3) is 11.0 Å². The number of hydrogen-bond acceptors (Lipinski definition) is 4. The average Bonchev–Trinajstić information content (AvgIpc) is 2.47. The maximum atomic E-state index is 6.28. The Morgan fingerprint density at radius 3 is 2.75 bits per heavy atom. The highest BCUT2D eigenvalue weighted by Crippen LogP contribution is 2.25. The quantitative estimate of drug-likeness (QED) is 0.944. The summed E-state index contributed by atoms with van der Waals surface area (Å²) >= 11 is 6.28. The Kier molecular flexibility index (Phi) is 4.03. The van der Waals surface area contributed by atoms with E-state index in [1.807, 2.05) is 31.3 Å². The molecule has 0 spiro atoms. The predicted octanol–water partition coefficient (Wildman–Crippen LogP) is 2.72. The van der Waals surface area contributed by atoms with Gasteiger partial charge in [-0.1, -0.05) is 23.7 Å². The van der Waals surface area contributed by atoms with E-state index in [-0.39, 0.29) is 0 Å². The van der Waals surface area contributed by atoms with Crippen LogP contribution >= 0.6 is 11.6 Å². The summed E-state index contributed by atoms with van der Waals surface area (Å²) in [5, 5.41) is 3.92. The predicted molar refractivity (Wildman–Crippen MR) is 83.4 cm³/mol. The number of fused-ring (bicyclic) bond motifs is 1. The van der Waals surface area contributed by atoms with Crippen LogP contribution in [0.2, 0.25) is 5.15 Å². The molecular weight excluding hydrogens is 272 g/mol. The van der Waals surface area contributed by atoms with Gasteiger partial charge in [0.05, 0.1) is 11.0 Å². The molecule has 20 heavy (non-hydrogen) atoms. The molecule has 3 rings (SSSR count). The fraction of sp³-hybridized carbons (Fsp3) is 0.467. The molecule has 1 atom stereocenters. The first-order chi connectivity index (χ1) is 9.74. The summed E-state index contributed by atoms with van der Waals surface area (Å²) in [6.07, 6.45) is 2.51. The number of halogens is 1. The zero-order valence-electron chi connectivity index (χ0n) is 11.6. The Balaban J connectivity index is 1.82. The Hall–Kier alpha value is -1.39. The molecular formula is C15H19ClN4. The van der Waals surface area contributed by atoms with Crippen LogP contribution in [0.4, 0.5) is 5.82 Å². The standard InChI is InChI=1S/C15H19ClN4/c1-20(10-11-5-4-8-17-9-11)15-14(16)18-12-6-2-3-7-13(12)19-15/h2-3,6-7,11,17H,4-5,8-10H2,1H3. The van der Waals surface area contributed by atoms with E-state index in [1.165, 1.54) is 12.8 Å². The molecule has 106 valence electrons. The molecule has 0 amide bonds. The van der Waals surface area contributed by atoms with E-state index in [0.29, 0.717) is 11.1 Å². The molecule has 1 saturated heterocycles. The van der Waals surface area contributed by atoms with Crippen molar-refractivity contribution < 1.29 is 0 Å². The highest BCUT2D eigenvalue weighted by molar-refractivity contribution is 6.32. The minimum atomic E-state index is 0.481.